The van der Waals surface area contributed by atoms with Crippen LogP contribution < -0.4 is 4.90 Å². The molecule has 0 spiro atoms. The Kier molecular flexibility index (Phi) is 6.11. The average molecular weight is 577 g/mol. The van der Waals surface area contributed by atoms with Crippen LogP contribution in [-0.2, 0) is 9.59 Å². The van der Waals surface area contributed by atoms with Crippen molar-refractivity contribution < 1.29 is 9.59 Å². The second-order valence-electron chi connectivity index (χ2n) is 7.91. The molecule has 1 saturated heterocycles. The van der Waals surface area contributed by atoms with Crippen molar-refractivity contribution in [2.24, 2.45) is 0 Å². The van der Waals surface area contributed by atoms with Gasteiger partial charge in [-0.2, -0.15) is 0 Å². The molecule has 1 aromatic heterocycles. The first-order chi connectivity index (χ1) is 16.5. The number of para-hydroxylation sites is 1. The third kappa shape index (κ3) is 3.97. The van der Waals surface area contributed by atoms with Crippen LogP contribution in [0, 0.1) is 0 Å². The molecule has 3 aromatic carbocycles. The Bertz CT molecular complexity index is 1430. The van der Waals surface area contributed by atoms with Crippen molar-refractivity contribution in [1.82, 2.24) is 9.80 Å². The summed E-state index contributed by atoms with van der Waals surface area (Å²) in [6.07, 6.45) is 1.75. The Labute approximate surface area is 212 Å². The molecule has 5 rings (SSSR count). The second kappa shape index (κ2) is 9.21. The van der Waals surface area contributed by atoms with E-state index in [1.807, 2.05) is 30.3 Å². The Morgan fingerprint density at radius 2 is 1.44 bits per heavy atom. The summed E-state index contributed by atoms with van der Waals surface area (Å²) in [5.41, 5.74) is 2.35. The van der Waals surface area contributed by atoms with Gasteiger partial charge in [0, 0.05) is 0 Å². The Morgan fingerprint density at radius 3 is 2.18 bits per heavy atom. The van der Waals surface area contributed by atoms with Crippen LogP contribution in [0.5, 0.6) is 0 Å². The van der Waals surface area contributed by atoms with Crippen LogP contribution in [0.2, 0.25) is 0 Å². The SMILES string of the molecule is CN1C(=O)C(=Cc2ccc(N(c3ccccc3)c3cccc4ccccc34)[se]2)C(=O)N(C)C1=[Se]. The maximum atomic E-state index is 12.8. The molecule has 0 unspecified atom stereocenters. The summed E-state index contributed by atoms with van der Waals surface area (Å²) in [5.74, 6) is -0.591. The van der Waals surface area contributed by atoms with Gasteiger partial charge in [-0.15, -0.1) is 0 Å². The van der Waals surface area contributed by atoms with E-state index in [0.29, 0.717) is 4.67 Å². The number of carbonyl (C=O) groups excluding carboxylic acids is 2. The molecule has 0 aliphatic carbocycles. The van der Waals surface area contributed by atoms with Crippen molar-refractivity contribution >= 4 is 79.3 Å². The fourth-order valence-corrected chi connectivity index (χ4v) is 6.44. The van der Waals surface area contributed by atoms with Crippen LogP contribution in [0.15, 0.2) is 90.5 Å². The van der Waals surface area contributed by atoms with E-state index in [0.717, 1.165) is 20.4 Å². The average Bonchev–Trinajstić information content (AvgIpc) is 3.33. The summed E-state index contributed by atoms with van der Waals surface area (Å²) >= 11 is 2.70. The number of hydrogen-bond donors (Lipinski definition) is 0. The second-order valence-corrected chi connectivity index (χ2v) is 11.0. The van der Waals surface area contributed by atoms with Crippen LogP contribution in [-0.4, -0.2) is 70.5 Å². The molecule has 0 radical (unpaired) electrons. The zero-order chi connectivity index (χ0) is 23.8. The van der Waals surface area contributed by atoms with E-state index >= 15 is 0 Å². The van der Waals surface area contributed by atoms with Gasteiger partial charge in [0.2, 0.25) is 0 Å². The number of rotatable bonds is 4. The van der Waals surface area contributed by atoms with E-state index in [1.54, 1.807) is 20.2 Å². The molecule has 0 atom stereocenters. The van der Waals surface area contributed by atoms with Crippen LogP contribution in [0.3, 0.4) is 0 Å². The van der Waals surface area contributed by atoms with Gasteiger partial charge < -0.3 is 0 Å². The molecule has 4 aromatic rings. The van der Waals surface area contributed by atoms with Crippen molar-refractivity contribution in [3.63, 3.8) is 0 Å². The molecule has 1 aliphatic rings. The van der Waals surface area contributed by atoms with Gasteiger partial charge in [-0.1, -0.05) is 0 Å². The van der Waals surface area contributed by atoms with Gasteiger partial charge >= 0.3 is 213 Å². The minimum absolute atomic E-state index is 0.0974. The van der Waals surface area contributed by atoms with Crippen molar-refractivity contribution in [2.75, 3.05) is 19.0 Å². The normalized spacial score (nSPS) is 14.2. The van der Waals surface area contributed by atoms with E-state index < -0.39 is 0 Å². The van der Waals surface area contributed by atoms with Crippen molar-refractivity contribution in [3.05, 3.63) is 94.9 Å². The Morgan fingerprint density at radius 1 is 0.794 bits per heavy atom. The number of carbonyl (C=O) groups is 2. The van der Waals surface area contributed by atoms with E-state index in [1.165, 1.54) is 20.6 Å². The van der Waals surface area contributed by atoms with Gasteiger partial charge in [-0.25, -0.2) is 0 Å². The van der Waals surface area contributed by atoms with Gasteiger partial charge in [0.15, 0.2) is 0 Å². The van der Waals surface area contributed by atoms with Gasteiger partial charge in [0.05, 0.1) is 0 Å². The monoisotopic (exact) mass is 579 g/mol. The minimum atomic E-state index is -0.295. The summed E-state index contributed by atoms with van der Waals surface area (Å²) in [6.45, 7) is 0. The molecular formula is C27H21N3O2Se2. The summed E-state index contributed by atoms with van der Waals surface area (Å²) < 4.78 is 2.61. The molecule has 0 bridgehead atoms. The maximum absolute atomic E-state index is 12.8. The molecule has 34 heavy (non-hydrogen) atoms. The summed E-state index contributed by atoms with van der Waals surface area (Å²) in [4.78, 5) is 30.8. The van der Waals surface area contributed by atoms with Crippen LogP contribution in [0.1, 0.15) is 4.44 Å². The molecule has 2 heterocycles. The van der Waals surface area contributed by atoms with E-state index in [-0.39, 0.29) is 31.9 Å². The first-order valence-electron chi connectivity index (χ1n) is 10.7. The van der Waals surface area contributed by atoms with E-state index in [2.05, 4.69) is 75.1 Å². The van der Waals surface area contributed by atoms with Crippen LogP contribution >= 0.6 is 0 Å². The fourth-order valence-electron chi connectivity index (χ4n) is 4.02. The predicted molar refractivity (Wildman–Crippen MR) is 140 cm³/mol. The van der Waals surface area contributed by atoms with Crippen molar-refractivity contribution in [1.29, 1.82) is 0 Å². The topological polar surface area (TPSA) is 43.9 Å². The number of benzene rings is 3. The van der Waals surface area contributed by atoms with Gasteiger partial charge in [0.1, 0.15) is 0 Å². The zero-order valence-electron chi connectivity index (χ0n) is 18.6. The van der Waals surface area contributed by atoms with Crippen molar-refractivity contribution in [3.8, 4) is 0 Å². The fraction of sp³-hybridized carbons (Fsp3) is 0.0741. The third-order valence-corrected chi connectivity index (χ3v) is 9.07. The molecule has 0 N–H and O–H groups in total. The summed E-state index contributed by atoms with van der Waals surface area (Å²) in [6, 6.07) is 29.1. The molecule has 5 nitrogen and oxygen atoms in total. The summed E-state index contributed by atoms with van der Waals surface area (Å²) in [5, 5.41) is 2.34. The first-order valence-corrected chi connectivity index (χ1v) is 13.3. The number of amides is 2. The number of fused-ring (bicyclic) bond motifs is 1. The van der Waals surface area contributed by atoms with Gasteiger partial charge in [-0.3, -0.25) is 0 Å². The Balaban J connectivity index is 1.61. The van der Waals surface area contributed by atoms with Gasteiger partial charge in [-0.05, 0) is 0 Å². The van der Waals surface area contributed by atoms with E-state index in [9.17, 15) is 9.59 Å². The summed E-state index contributed by atoms with van der Waals surface area (Å²) in [7, 11) is 3.33. The van der Waals surface area contributed by atoms with Crippen molar-refractivity contribution in [2.45, 2.75) is 0 Å². The molecule has 0 saturated carbocycles. The number of nitrogens with zero attached hydrogens (tertiary/aromatic N) is 3. The standard InChI is InChI=1S/C27H21N3O2Se2/c1-28-25(31)22(26(32)29(2)27(28)33)17-20-15-16-24(34-20)30(19-11-4-3-5-12-19)23-14-8-10-18-9-6-7-13-21(18)23/h3-17H,1-2H3. The molecule has 2 amide bonds. The molecule has 1 fully saturated rings. The van der Waals surface area contributed by atoms with Crippen LogP contribution in [0.25, 0.3) is 16.8 Å². The van der Waals surface area contributed by atoms with Crippen LogP contribution in [0.4, 0.5) is 15.9 Å². The number of likely N-dealkylation sites (N-methyl/N-ethyl adjacent to an activating group) is 2. The predicted octanol–water partition coefficient (Wildman–Crippen LogP) is 3.94. The van der Waals surface area contributed by atoms with E-state index in [4.69, 9.17) is 0 Å². The quantitative estimate of drug-likeness (QED) is 0.210. The molecule has 1 aliphatic heterocycles. The molecule has 168 valence electrons. The number of hydrogen-bond acceptors (Lipinski definition) is 3. The molecular weight excluding hydrogens is 556 g/mol. The first kappa shape index (κ1) is 22.6. The zero-order valence-corrected chi connectivity index (χ0v) is 22.1. The number of anilines is 3. The van der Waals surface area contributed by atoms with Gasteiger partial charge in [0.25, 0.3) is 0 Å². The third-order valence-electron chi connectivity index (χ3n) is 5.79. The molecule has 7 heteroatoms. The Hall–Kier alpha value is -3.21.